The Hall–Kier alpha value is -3.62. The normalized spacial score (nSPS) is 15.0. The van der Waals surface area contributed by atoms with Crippen molar-refractivity contribution in [3.8, 4) is 0 Å². The number of carboxylic acid groups (broad SMARTS) is 1. The molecule has 9 nitrogen and oxygen atoms in total. The van der Waals surface area contributed by atoms with Crippen LogP contribution >= 0.6 is 0 Å². The van der Waals surface area contributed by atoms with Gasteiger partial charge in [0, 0.05) is 50.6 Å². The van der Waals surface area contributed by atoms with Crippen LogP contribution in [0.15, 0.2) is 42.7 Å². The molecule has 1 saturated heterocycles. The van der Waals surface area contributed by atoms with Crippen LogP contribution in [0.2, 0.25) is 0 Å². The number of nitrogens with one attached hydrogen (secondary N) is 1. The van der Waals surface area contributed by atoms with Crippen molar-refractivity contribution in [1.29, 1.82) is 0 Å². The fourth-order valence-corrected chi connectivity index (χ4v) is 4.00. The summed E-state index contributed by atoms with van der Waals surface area (Å²) in [6, 6.07) is 7.79. The molecule has 1 unspecified atom stereocenters. The van der Waals surface area contributed by atoms with Crippen LogP contribution in [0.3, 0.4) is 0 Å². The van der Waals surface area contributed by atoms with E-state index in [2.05, 4.69) is 36.0 Å². The van der Waals surface area contributed by atoms with Crippen LogP contribution in [0.4, 0.5) is 11.4 Å². The van der Waals surface area contributed by atoms with Crippen LogP contribution in [-0.4, -0.2) is 59.0 Å². The number of aliphatic carboxylic acids is 1. The molecule has 1 fully saturated rings. The highest BCUT2D eigenvalue weighted by Crippen LogP contribution is 2.27. The summed E-state index contributed by atoms with van der Waals surface area (Å²) in [4.78, 5) is 44.6. The molecular weight excluding hydrogens is 434 g/mol. The van der Waals surface area contributed by atoms with E-state index in [1.807, 2.05) is 4.90 Å². The Bertz CT molecular complexity index is 1030. The monoisotopic (exact) mass is 467 g/mol. The fourth-order valence-electron chi connectivity index (χ4n) is 4.00. The number of carboxylic acids is 1. The minimum absolute atomic E-state index is 0.0461. The van der Waals surface area contributed by atoms with Crippen molar-refractivity contribution in [2.24, 2.45) is 5.41 Å². The Morgan fingerprint density at radius 2 is 1.85 bits per heavy atom. The molecule has 1 aromatic heterocycles. The minimum atomic E-state index is -1.02. The summed E-state index contributed by atoms with van der Waals surface area (Å²) in [6.45, 7) is 8.73. The van der Waals surface area contributed by atoms with Gasteiger partial charge in [0.15, 0.2) is 0 Å². The Morgan fingerprint density at radius 3 is 2.41 bits per heavy atom. The zero-order valence-electron chi connectivity index (χ0n) is 20.0. The number of benzene rings is 1. The third kappa shape index (κ3) is 6.69. The van der Waals surface area contributed by atoms with Gasteiger partial charge < -0.3 is 26.0 Å². The Kier molecular flexibility index (Phi) is 7.75. The number of rotatable bonds is 7. The molecule has 2 amide bonds. The van der Waals surface area contributed by atoms with Gasteiger partial charge in [0.1, 0.15) is 0 Å². The van der Waals surface area contributed by atoms with Crippen LogP contribution in [0.1, 0.15) is 55.6 Å². The molecule has 0 spiro atoms. The Labute approximate surface area is 199 Å². The first-order valence-electron chi connectivity index (χ1n) is 11.4. The third-order valence-electron chi connectivity index (χ3n) is 5.72. The van der Waals surface area contributed by atoms with Crippen LogP contribution in [0.5, 0.6) is 0 Å². The van der Waals surface area contributed by atoms with Crippen molar-refractivity contribution in [2.75, 3.05) is 36.8 Å². The van der Waals surface area contributed by atoms with Crippen LogP contribution < -0.4 is 16.0 Å². The summed E-state index contributed by atoms with van der Waals surface area (Å²) in [7, 11) is 0. The first-order chi connectivity index (χ1) is 16.0. The standard InChI is InChI=1S/C25H33N5O4/c1-25(2,3)15-22(31)30-11-9-29(10-12-30)21-7-6-17(13-19(21)26)24(34)28-20(14-23(32)33)18-5-4-8-27-16-18/h4-8,13,16,20H,9-12,14-15,26H2,1-3H3,(H,28,34)(H,32,33). The number of nitrogen functional groups attached to an aromatic ring is 1. The topological polar surface area (TPSA) is 129 Å². The molecule has 2 heterocycles. The van der Waals surface area contributed by atoms with Crippen molar-refractivity contribution in [3.05, 3.63) is 53.9 Å². The van der Waals surface area contributed by atoms with Gasteiger partial charge in [-0.15, -0.1) is 0 Å². The van der Waals surface area contributed by atoms with E-state index >= 15 is 0 Å². The molecule has 1 aromatic carbocycles. The Balaban J connectivity index is 1.65. The second-order valence-corrected chi connectivity index (χ2v) is 9.79. The SMILES string of the molecule is CC(C)(C)CC(=O)N1CCN(c2ccc(C(=O)NC(CC(=O)O)c3cccnc3)cc2N)CC1. The van der Waals surface area contributed by atoms with Crippen molar-refractivity contribution < 1.29 is 19.5 Å². The number of hydrogen-bond acceptors (Lipinski definition) is 6. The molecule has 9 heteroatoms. The van der Waals surface area contributed by atoms with Gasteiger partial charge in [-0.25, -0.2) is 0 Å². The van der Waals surface area contributed by atoms with E-state index in [-0.39, 0.29) is 17.7 Å². The summed E-state index contributed by atoms with van der Waals surface area (Å²) < 4.78 is 0. The van der Waals surface area contributed by atoms with Gasteiger partial charge in [0.25, 0.3) is 5.91 Å². The number of carbonyl (C=O) groups excluding carboxylic acids is 2. The third-order valence-corrected chi connectivity index (χ3v) is 5.72. The second-order valence-electron chi connectivity index (χ2n) is 9.79. The molecule has 182 valence electrons. The molecule has 0 bridgehead atoms. The number of carbonyl (C=O) groups is 3. The zero-order valence-corrected chi connectivity index (χ0v) is 20.0. The number of piperazine rings is 1. The summed E-state index contributed by atoms with van der Waals surface area (Å²) in [6.07, 6.45) is 3.38. The molecule has 3 rings (SSSR count). The fraction of sp³-hybridized carbons (Fsp3) is 0.440. The molecule has 4 N–H and O–H groups in total. The molecule has 2 aromatic rings. The summed E-state index contributed by atoms with van der Waals surface area (Å²) >= 11 is 0. The largest absolute Gasteiger partial charge is 0.481 e. The number of amides is 2. The quantitative estimate of drug-likeness (QED) is 0.534. The van der Waals surface area contributed by atoms with Gasteiger partial charge in [-0.3, -0.25) is 19.4 Å². The lowest BCUT2D eigenvalue weighted by Gasteiger charge is -2.37. The number of nitrogens with zero attached hydrogens (tertiary/aromatic N) is 3. The minimum Gasteiger partial charge on any atom is -0.481 e. The van der Waals surface area contributed by atoms with Crippen molar-refractivity contribution in [3.63, 3.8) is 0 Å². The van der Waals surface area contributed by atoms with E-state index in [0.29, 0.717) is 49.4 Å². The number of hydrogen-bond donors (Lipinski definition) is 3. The van der Waals surface area contributed by atoms with E-state index in [1.165, 1.54) is 6.20 Å². The molecule has 1 aliphatic heterocycles. The maximum absolute atomic E-state index is 12.8. The predicted octanol–water partition coefficient (Wildman–Crippen LogP) is 2.69. The molecule has 0 radical (unpaired) electrons. The highest BCUT2D eigenvalue weighted by Gasteiger charge is 2.26. The van der Waals surface area contributed by atoms with E-state index in [4.69, 9.17) is 5.73 Å². The van der Waals surface area contributed by atoms with Gasteiger partial charge in [-0.05, 0) is 35.2 Å². The molecule has 34 heavy (non-hydrogen) atoms. The first kappa shape index (κ1) is 25.0. The van der Waals surface area contributed by atoms with E-state index in [0.717, 1.165) is 5.69 Å². The maximum Gasteiger partial charge on any atom is 0.305 e. The molecular formula is C25H33N5O4. The van der Waals surface area contributed by atoms with Gasteiger partial charge in [-0.1, -0.05) is 26.8 Å². The van der Waals surface area contributed by atoms with Crippen LogP contribution in [-0.2, 0) is 9.59 Å². The van der Waals surface area contributed by atoms with Gasteiger partial charge in [0.2, 0.25) is 5.91 Å². The zero-order chi connectivity index (χ0) is 24.9. The van der Waals surface area contributed by atoms with Crippen molar-refractivity contribution >= 4 is 29.2 Å². The number of aromatic nitrogens is 1. The number of nitrogens with two attached hydrogens (primary N) is 1. The summed E-state index contributed by atoms with van der Waals surface area (Å²) in [5.74, 6) is -1.27. The number of pyridine rings is 1. The molecule has 0 aliphatic carbocycles. The average molecular weight is 468 g/mol. The average Bonchev–Trinajstić information content (AvgIpc) is 2.78. The molecule has 0 saturated carbocycles. The highest BCUT2D eigenvalue weighted by molar-refractivity contribution is 5.96. The maximum atomic E-state index is 12.8. The predicted molar refractivity (Wildman–Crippen MR) is 130 cm³/mol. The first-order valence-corrected chi connectivity index (χ1v) is 11.4. The van der Waals surface area contributed by atoms with Gasteiger partial charge >= 0.3 is 5.97 Å². The van der Waals surface area contributed by atoms with Gasteiger partial charge in [-0.2, -0.15) is 0 Å². The molecule has 1 aliphatic rings. The lowest BCUT2D eigenvalue weighted by atomic mass is 9.91. The molecule has 1 atom stereocenters. The second kappa shape index (κ2) is 10.5. The lowest BCUT2D eigenvalue weighted by Crippen LogP contribution is -2.49. The Morgan fingerprint density at radius 1 is 1.15 bits per heavy atom. The van der Waals surface area contributed by atoms with Crippen molar-refractivity contribution in [2.45, 2.75) is 39.7 Å². The highest BCUT2D eigenvalue weighted by atomic mass is 16.4. The van der Waals surface area contributed by atoms with E-state index in [9.17, 15) is 19.5 Å². The van der Waals surface area contributed by atoms with Crippen LogP contribution in [0, 0.1) is 5.41 Å². The van der Waals surface area contributed by atoms with Gasteiger partial charge in [0.05, 0.1) is 23.8 Å². The lowest BCUT2D eigenvalue weighted by molar-refractivity contribution is -0.137. The number of anilines is 2. The van der Waals surface area contributed by atoms with E-state index < -0.39 is 17.9 Å². The van der Waals surface area contributed by atoms with E-state index in [1.54, 1.807) is 36.5 Å². The van der Waals surface area contributed by atoms with Crippen molar-refractivity contribution in [1.82, 2.24) is 15.2 Å². The van der Waals surface area contributed by atoms with Crippen LogP contribution in [0.25, 0.3) is 0 Å². The summed E-state index contributed by atoms with van der Waals surface area (Å²) in [5, 5.41) is 12.0. The summed E-state index contributed by atoms with van der Waals surface area (Å²) in [5.41, 5.74) is 8.47. The smallest absolute Gasteiger partial charge is 0.305 e.